The third-order valence-corrected chi connectivity index (χ3v) is 4.95. The molecule has 148 valence electrons. The summed E-state index contributed by atoms with van der Waals surface area (Å²) in [6.45, 7) is 1.88. The highest BCUT2D eigenvalue weighted by Crippen LogP contribution is 2.24. The minimum atomic E-state index is -3.45. The van der Waals surface area contributed by atoms with Crippen LogP contribution >= 0.6 is 15.9 Å². The Bertz CT molecular complexity index is 1240. The predicted octanol–water partition coefficient (Wildman–Crippen LogP) is 3.44. The molecule has 3 aromatic rings. The zero-order chi connectivity index (χ0) is 21.2. The van der Waals surface area contributed by atoms with Crippen LogP contribution in [0.1, 0.15) is 21.5 Å². The molecule has 10 heteroatoms. The van der Waals surface area contributed by atoms with Gasteiger partial charge >= 0.3 is 0 Å². The number of nitrogens with zero attached hydrogens (tertiary/aromatic N) is 3. The van der Waals surface area contributed by atoms with E-state index >= 15 is 0 Å². The second kappa shape index (κ2) is 8.06. The number of aromatic nitrogens is 2. The minimum absolute atomic E-state index is 0.310. The molecular weight excluding hydrogens is 458 g/mol. The first-order valence-electron chi connectivity index (χ1n) is 8.30. The van der Waals surface area contributed by atoms with Crippen molar-refractivity contribution in [2.24, 2.45) is 0 Å². The van der Waals surface area contributed by atoms with Crippen LogP contribution in [0.5, 0.6) is 0 Å². The first kappa shape index (κ1) is 20.6. The van der Waals surface area contributed by atoms with Gasteiger partial charge in [0.15, 0.2) is 0 Å². The van der Waals surface area contributed by atoms with Crippen molar-refractivity contribution in [3.05, 3.63) is 70.0 Å². The average Bonchev–Trinajstić information content (AvgIpc) is 3.10. The number of carbonyl (C=O) groups is 1. The Morgan fingerprint density at radius 2 is 1.93 bits per heavy atom. The second-order valence-corrected chi connectivity index (χ2v) is 9.01. The highest BCUT2D eigenvalue weighted by Gasteiger charge is 2.13. The van der Waals surface area contributed by atoms with Crippen LogP contribution in [0.4, 0.5) is 11.4 Å². The first-order chi connectivity index (χ1) is 13.6. The van der Waals surface area contributed by atoms with E-state index in [2.05, 4.69) is 37.1 Å². The third kappa shape index (κ3) is 5.22. The monoisotopic (exact) mass is 473 g/mol. The van der Waals surface area contributed by atoms with Gasteiger partial charge < -0.3 is 5.32 Å². The number of benzene rings is 2. The Hall–Kier alpha value is -3.16. The summed E-state index contributed by atoms with van der Waals surface area (Å²) in [4.78, 5) is 12.6. The van der Waals surface area contributed by atoms with Gasteiger partial charge in [0.2, 0.25) is 10.0 Å². The summed E-state index contributed by atoms with van der Waals surface area (Å²) in [6, 6.07) is 12.0. The van der Waals surface area contributed by atoms with Gasteiger partial charge in [-0.1, -0.05) is 22.0 Å². The average molecular weight is 474 g/mol. The number of anilines is 2. The second-order valence-electron chi connectivity index (χ2n) is 6.34. The fourth-order valence-corrected chi connectivity index (χ4v) is 3.67. The van der Waals surface area contributed by atoms with Gasteiger partial charge in [0.25, 0.3) is 5.91 Å². The first-order valence-corrected chi connectivity index (χ1v) is 11.0. The van der Waals surface area contributed by atoms with Crippen LogP contribution in [-0.2, 0) is 10.0 Å². The molecule has 0 unspecified atom stereocenters. The summed E-state index contributed by atoms with van der Waals surface area (Å²) < 4.78 is 27.4. The number of carbonyl (C=O) groups excluding carboxylic acids is 1. The van der Waals surface area contributed by atoms with Gasteiger partial charge in [-0.15, -0.1) is 0 Å². The van der Waals surface area contributed by atoms with Crippen LogP contribution in [0.3, 0.4) is 0 Å². The van der Waals surface area contributed by atoms with Gasteiger partial charge in [-0.3, -0.25) is 9.52 Å². The maximum atomic E-state index is 12.6. The molecule has 0 aliphatic rings. The number of rotatable bonds is 5. The predicted molar refractivity (Wildman–Crippen MR) is 114 cm³/mol. The number of amides is 1. The van der Waals surface area contributed by atoms with Crippen molar-refractivity contribution in [1.29, 1.82) is 5.26 Å². The summed E-state index contributed by atoms with van der Waals surface area (Å²) in [6.07, 6.45) is 4.03. The number of hydrogen-bond acceptors (Lipinski definition) is 5. The van der Waals surface area contributed by atoms with E-state index in [0.717, 1.165) is 11.8 Å². The lowest BCUT2D eigenvalue weighted by atomic mass is 10.1. The standard InChI is InChI=1S/C19H16BrN5O3S/c1-12-3-4-13(9-21)5-18(12)25-11-14(10-22-25)19(26)23-16-6-15(20)7-17(8-16)24-29(2,27)28/h3-8,10-11,24H,1-2H3,(H,23,26). The van der Waals surface area contributed by atoms with E-state index in [1.807, 2.05) is 13.0 Å². The summed E-state index contributed by atoms with van der Waals surface area (Å²) in [5, 5.41) is 16.0. The van der Waals surface area contributed by atoms with Crippen LogP contribution in [0.15, 0.2) is 53.3 Å². The van der Waals surface area contributed by atoms with Crippen molar-refractivity contribution in [3.63, 3.8) is 0 Å². The SMILES string of the molecule is Cc1ccc(C#N)cc1-n1cc(C(=O)Nc2cc(Br)cc(NS(C)(=O)=O)c2)cn1. The number of aryl methyl sites for hydroxylation is 1. The van der Waals surface area contributed by atoms with Gasteiger partial charge in [0.05, 0.1) is 41.0 Å². The van der Waals surface area contributed by atoms with Gasteiger partial charge in [0, 0.05) is 16.4 Å². The summed E-state index contributed by atoms with van der Waals surface area (Å²) in [7, 11) is -3.45. The molecule has 0 aliphatic carbocycles. The summed E-state index contributed by atoms with van der Waals surface area (Å²) >= 11 is 3.29. The molecular formula is C19H16BrN5O3S. The summed E-state index contributed by atoms with van der Waals surface area (Å²) in [5.41, 5.74) is 3.13. The lowest BCUT2D eigenvalue weighted by Crippen LogP contribution is -2.13. The molecule has 0 saturated carbocycles. The smallest absolute Gasteiger partial charge is 0.258 e. The molecule has 8 nitrogen and oxygen atoms in total. The zero-order valence-electron chi connectivity index (χ0n) is 15.5. The molecule has 2 N–H and O–H groups in total. The molecule has 0 saturated heterocycles. The molecule has 3 rings (SSSR count). The van der Waals surface area contributed by atoms with Crippen molar-refractivity contribution in [3.8, 4) is 11.8 Å². The van der Waals surface area contributed by atoms with Crippen molar-refractivity contribution in [2.45, 2.75) is 6.92 Å². The highest BCUT2D eigenvalue weighted by molar-refractivity contribution is 9.10. The molecule has 0 aliphatic heterocycles. The Kier molecular flexibility index (Phi) is 5.72. The van der Waals surface area contributed by atoms with E-state index < -0.39 is 15.9 Å². The minimum Gasteiger partial charge on any atom is -0.322 e. The fraction of sp³-hybridized carbons (Fsp3) is 0.105. The topological polar surface area (TPSA) is 117 Å². The van der Waals surface area contributed by atoms with E-state index in [4.69, 9.17) is 5.26 Å². The van der Waals surface area contributed by atoms with E-state index in [1.165, 1.54) is 16.9 Å². The zero-order valence-corrected chi connectivity index (χ0v) is 17.9. The molecule has 0 atom stereocenters. The van der Waals surface area contributed by atoms with Crippen molar-refractivity contribution in [1.82, 2.24) is 9.78 Å². The van der Waals surface area contributed by atoms with Crippen molar-refractivity contribution < 1.29 is 13.2 Å². The van der Waals surface area contributed by atoms with Gasteiger partial charge in [-0.25, -0.2) is 13.1 Å². The molecule has 29 heavy (non-hydrogen) atoms. The van der Waals surface area contributed by atoms with Crippen LogP contribution in [0.2, 0.25) is 0 Å². The fourth-order valence-electron chi connectivity index (χ4n) is 2.64. The maximum Gasteiger partial charge on any atom is 0.258 e. The molecule has 1 amide bonds. The van der Waals surface area contributed by atoms with Crippen LogP contribution in [0.25, 0.3) is 5.69 Å². The van der Waals surface area contributed by atoms with Gasteiger partial charge in [-0.05, 0) is 42.8 Å². The molecule has 2 aromatic carbocycles. The Morgan fingerprint density at radius 1 is 1.21 bits per heavy atom. The molecule has 0 bridgehead atoms. The summed E-state index contributed by atoms with van der Waals surface area (Å²) in [5.74, 6) is -0.409. The van der Waals surface area contributed by atoms with E-state index in [-0.39, 0.29) is 0 Å². The highest BCUT2D eigenvalue weighted by atomic mass is 79.9. The third-order valence-electron chi connectivity index (χ3n) is 3.89. The molecule has 1 heterocycles. The Labute approximate surface area is 176 Å². The number of hydrogen-bond donors (Lipinski definition) is 2. The quantitative estimate of drug-likeness (QED) is 0.588. The van der Waals surface area contributed by atoms with E-state index in [9.17, 15) is 13.2 Å². The lowest BCUT2D eigenvalue weighted by molar-refractivity contribution is 0.102. The lowest BCUT2D eigenvalue weighted by Gasteiger charge is -2.09. The number of nitriles is 1. The molecule has 0 fully saturated rings. The molecule has 1 aromatic heterocycles. The van der Waals surface area contributed by atoms with E-state index in [1.54, 1.807) is 30.5 Å². The largest absolute Gasteiger partial charge is 0.322 e. The van der Waals surface area contributed by atoms with Crippen LogP contribution in [0, 0.1) is 18.3 Å². The Morgan fingerprint density at radius 3 is 2.62 bits per heavy atom. The van der Waals surface area contributed by atoms with E-state index in [0.29, 0.717) is 32.7 Å². The van der Waals surface area contributed by atoms with Crippen molar-refractivity contribution >= 4 is 43.2 Å². The number of halogens is 1. The van der Waals surface area contributed by atoms with Crippen LogP contribution < -0.4 is 10.0 Å². The molecule has 0 radical (unpaired) electrons. The maximum absolute atomic E-state index is 12.6. The van der Waals surface area contributed by atoms with Crippen LogP contribution in [-0.4, -0.2) is 30.4 Å². The molecule has 0 spiro atoms. The van der Waals surface area contributed by atoms with Gasteiger partial charge in [-0.2, -0.15) is 10.4 Å². The number of sulfonamides is 1. The Balaban J connectivity index is 1.84. The van der Waals surface area contributed by atoms with Crippen molar-refractivity contribution in [2.75, 3.05) is 16.3 Å². The van der Waals surface area contributed by atoms with Gasteiger partial charge in [0.1, 0.15) is 0 Å². The number of nitrogens with one attached hydrogen (secondary N) is 2. The normalized spacial score (nSPS) is 11.0.